The molecule has 1 fully saturated rings. The summed E-state index contributed by atoms with van der Waals surface area (Å²) in [6.45, 7) is 2.32. The Bertz CT molecular complexity index is 854. The quantitative estimate of drug-likeness (QED) is 0.301. The maximum absolute atomic E-state index is 12.6. The Kier molecular flexibility index (Phi) is 6.67. The molecule has 0 aliphatic carbocycles. The van der Waals surface area contributed by atoms with Crippen LogP contribution in [0.2, 0.25) is 5.02 Å². The maximum Gasteiger partial charge on any atom is 0.340 e. The van der Waals surface area contributed by atoms with Gasteiger partial charge in [-0.1, -0.05) is 23.7 Å². The van der Waals surface area contributed by atoms with E-state index in [2.05, 4.69) is 0 Å². The van der Waals surface area contributed by atoms with Gasteiger partial charge in [0.25, 0.3) is 5.69 Å². The van der Waals surface area contributed by atoms with Gasteiger partial charge in [-0.05, 0) is 18.2 Å². The summed E-state index contributed by atoms with van der Waals surface area (Å²) in [5.74, 6) is -0.155. The van der Waals surface area contributed by atoms with Gasteiger partial charge in [0.2, 0.25) is 0 Å². The second-order valence-electron chi connectivity index (χ2n) is 5.97. The standard InChI is InChI=1S/C19H19ClN2O6/c20-16-3-1-2-4-18(16)27-11-12-28-19(23)15-13-14(22(24)25)5-6-17(15)21-7-9-26-10-8-21/h1-6,13H,7-12H2. The number of ether oxygens (including phenoxy) is 3. The Morgan fingerprint density at radius 1 is 1.18 bits per heavy atom. The van der Waals surface area contributed by atoms with Gasteiger partial charge >= 0.3 is 5.97 Å². The summed E-state index contributed by atoms with van der Waals surface area (Å²) >= 11 is 6.00. The maximum atomic E-state index is 12.6. The minimum absolute atomic E-state index is 0.0186. The van der Waals surface area contributed by atoms with Crippen molar-refractivity contribution in [3.63, 3.8) is 0 Å². The van der Waals surface area contributed by atoms with E-state index in [9.17, 15) is 14.9 Å². The van der Waals surface area contributed by atoms with E-state index in [0.717, 1.165) is 0 Å². The summed E-state index contributed by atoms with van der Waals surface area (Å²) in [4.78, 5) is 25.1. The Labute approximate surface area is 166 Å². The molecule has 1 heterocycles. The smallest absolute Gasteiger partial charge is 0.340 e. The first-order valence-electron chi connectivity index (χ1n) is 8.72. The lowest BCUT2D eigenvalue weighted by Crippen LogP contribution is -2.37. The van der Waals surface area contributed by atoms with Gasteiger partial charge in [0.15, 0.2) is 0 Å². The molecule has 0 amide bonds. The van der Waals surface area contributed by atoms with Crippen LogP contribution in [0.15, 0.2) is 42.5 Å². The average molecular weight is 407 g/mol. The molecule has 2 aromatic carbocycles. The van der Waals surface area contributed by atoms with Crippen LogP contribution in [0.3, 0.4) is 0 Å². The van der Waals surface area contributed by atoms with E-state index in [4.69, 9.17) is 25.8 Å². The number of carbonyl (C=O) groups excluding carboxylic acids is 1. The van der Waals surface area contributed by atoms with Gasteiger partial charge < -0.3 is 19.1 Å². The molecule has 8 nitrogen and oxygen atoms in total. The van der Waals surface area contributed by atoms with E-state index < -0.39 is 10.9 Å². The molecule has 1 aliphatic rings. The predicted octanol–water partition coefficient (Wildman–Crippen LogP) is 3.32. The molecule has 1 saturated heterocycles. The number of hydrogen-bond donors (Lipinski definition) is 0. The summed E-state index contributed by atoms with van der Waals surface area (Å²) < 4.78 is 16.1. The van der Waals surface area contributed by atoms with Crippen LogP contribution in [0.5, 0.6) is 5.75 Å². The van der Waals surface area contributed by atoms with Crippen LogP contribution < -0.4 is 9.64 Å². The van der Waals surface area contributed by atoms with Crippen LogP contribution in [0, 0.1) is 10.1 Å². The van der Waals surface area contributed by atoms with Gasteiger partial charge in [0, 0.05) is 25.2 Å². The van der Waals surface area contributed by atoms with E-state index >= 15 is 0 Å². The molecule has 1 aliphatic heterocycles. The molecule has 28 heavy (non-hydrogen) atoms. The van der Waals surface area contributed by atoms with Crippen molar-refractivity contribution in [2.45, 2.75) is 0 Å². The van der Waals surface area contributed by atoms with Crippen LogP contribution >= 0.6 is 11.6 Å². The third-order valence-corrected chi connectivity index (χ3v) is 4.49. The molecule has 0 radical (unpaired) electrons. The van der Waals surface area contributed by atoms with Crippen LogP contribution in [-0.4, -0.2) is 50.4 Å². The predicted molar refractivity (Wildman–Crippen MR) is 103 cm³/mol. The molecule has 0 aromatic heterocycles. The summed E-state index contributed by atoms with van der Waals surface area (Å²) in [5.41, 5.74) is 0.566. The molecule has 3 rings (SSSR count). The number of nitro groups is 1. The minimum Gasteiger partial charge on any atom is -0.488 e. The number of non-ortho nitro benzene ring substituents is 1. The monoisotopic (exact) mass is 406 g/mol. The molecule has 0 N–H and O–H groups in total. The Morgan fingerprint density at radius 3 is 2.64 bits per heavy atom. The molecule has 9 heteroatoms. The van der Waals surface area contributed by atoms with Gasteiger partial charge in [-0.2, -0.15) is 0 Å². The SMILES string of the molecule is O=C(OCCOc1ccccc1Cl)c1cc([N+](=O)[O-])ccc1N1CCOCC1. The zero-order chi connectivity index (χ0) is 19.9. The number of rotatable bonds is 7. The van der Waals surface area contributed by atoms with Gasteiger partial charge in [-0.25, -0.2) is 4.79 Å². The van der Waals surface area contributed by atoms with E-state index in [1.165, 1.54) is 12.1 Å². The van der Waals surface area contributed by atoms with Crippen molar-refractivity contribution < 1.29 is 23.9 Å². The zero-order valence-corrected chi connectivity index (χ0v) is 15.8. The molecule has 0 saturated carbocycles. The van der Waals surface area contributed by atoms with Crippen molar-refractivity contribution in [3.05, 3.63) is 63.2 Å². The topological polar surface area (TPSA) is 91.1 Å². The van der Waals surface area contributed by atoms with Gasteiger partial charge in [-0.15, -0.1) is 0 Å². The van der Waals surface area contributed by atoms with Crippen LogP contribution in [0.4, 0.5) is 11.4 Å². The van der Waals surface area contributed by atoms with Crippen molar-refractivity contribution in [1.82, 2.24) is 0 Å². The molecule has 0 atom stereocenters. The first kappa shape index (κ1) is 19.9. The molecule has 2 aromatic rings. The van der Waals surface area contributed by atoms with Crippen LogP contribution in [0.1, 0.15) is 10.4 Å². The van der Waals surface area contributed by atoms with E-state index in [-0.39, 0.29) is 24.5 Å². The van der Waals surface area contributed by atoms with Crippen molar-refractivity contribution in [3.8, 4) is 5.75 Å². The first-order valence-corrected chi connectivity index (χ1v) is 9.09. The molecular weight excluding hydrogens is 388 g/mol. The third-order valence-electron chi connectivity index (χ3n) is 4.17. The number of esters is 1. The number of hydrogen-bond acceptors (Lipinski definition) is 7. The number of anilines is 1. The van der Waals surface area contributed by atoms with Crippen molar-refractivity contribution in [2.24, 2.45) is 0 Å². The highest BCUT2D eigenvalue weighted by Gasteiger charge is 2.23. The normalized spacial score (nSPS) is 13.8. The Hall–Kier alpha value is -2.84. The van der Waals surface area contributed by atoms with E-state index in [0.29, 0.717) is 42.8 Å². The van der Waals surface area contributed by atoms with E-state index in [1.807, 2.05) is 4.90 Å². The summed E-state index contributed by atoms with van der Waals surface area (Å²) in [6, 6.07) is 11.2. The van der Waals surface area contributed by atoms with Gasteiger partial charge in [-0.3, -0.25) is 10.1 Å². The second kappa shape index (κ2) is 9.38. The van der Waals surface area contributed by atoms with E-state index in [1.54, 1.807) is 30.3 Å². The molecule has 148 valence electrons. The lowest BCUT2D eigenvalue weighted by atomic mass is 10.1. The molecule has 0 spiro atoms. The average Bonchev–Trinajstić information content (AvgIpc) is 2.72. The summed E-state index contributed by atoms with van der Waals surface area (Å²) in [6.07, 6.45) is 0. The lowest BCUT2D eigenvalue weighted by Gasteiger charge is -2.30. The van der Waals surface area contributed by atoms with Crippen molar-refractivity contribution >= 4 is 28.9 Å². The molecule has 0 unspecified atom stereocenters. The lowest BCUT2D eigenvalue weighted by molar-refractivity contribution is -0.384. The number of morpholine rings is 1. The highest BCUT2D eigenvalue weighted by atomic mass is 35.5. The number of para-hydroxylation sites is 1. The fraction of sp³-hybridized carbons (Fsp3) is 0.316. The summed E-state index contributed by atoms with van der Waals surface area (Å²) in [5, 5.41) is 11.6. The van der Waals surface area contributed by atoms with Gasteiger partial charge in [0.1, 0.15) is 19.0 Å². The Balaban J connectivity index is 1.67. The number of nitro benzene ring substituents is 1. The second-order valence-corrected chi connectivity index (χ2v) is 6.38. The van der Waals surface area contributed by atoms with Crippen LogP contribution in [0.25, 0.3) is 0 Å². The highest BCUT2D eigenvalue weighted by molar-refractivity contribution is 6.32. The number of carbonyl (C=O) groups is 1. The number of nitrogens with zero attached hydrogens (tertiary/aromatic N) is 2. The fourth-order valence-corrected chi connectivity index (χ4v) is 3.00. The third kappa shape index (κ3) is 4.90. The number of halogens is 1. The minimum atomic E-state index is -0.645. The fourth-order valence-electron chi connectivity index (χ4n) is 2.81. The molecule has 0 bridgehead atoms. The molecular formula is C19H19ClN2O6. The highest BCUT2D eigenvalue weighted by Crippen LogP contribution is 2.27. The summed E-state index contributed by atoms with van der Waals surface area (Å²) in [7, 11) is 0. The van der Waals surface area contributed by atoms with Gasteiger partial charge in [0.05, 0.1) is 34.4 Å². The van der Waals surface area contributed by atoms with Crippen molar-refractivity contribution in [2.75, 3.05) is 44.4 Å². The first-order chi connectivity index (χ1) is 13.6. The Morgan fingerprint density at radius 2 is 1.93 bits per heavy atom. The largest absolute Gasteiger partial charge is 0.488 e. The van der Waals surface area contributed by atoms with Crippen molar-refractivity contribution in [1.29, 1.82) is 0 Å². The number of benzene rings is 2. The van der Waals surface area contributed by atoms with Crippen LogP contribution in [-0.2, 0) is 9.47 Å². The zero-order valence-electron chi connectivity index (χ0n) is 15.0.